The summed E-state index contributed by atoms with van der Waals surface area (Å²) in [6.45, 7) is 0.133. The molecule has 4 rings (SSSR count). The number of halogens is 1. The van der Waals surface area contributed by atoms with Crippen LogP contribution in [0.4, 0.5) is 4.39 Å². The summed E-state index contributed by atoms with van der Waals surface area (Å²) in [6, 6.07) is 10.8. The molecule has 0 aliphatic carbocycles. The average Bonchev–Trinajstić information content (AvgIpc) is 3.37. The van der Waals surface area contributed by atoms with Gasteiger partial charge in [0.15, 0.2) is 0 Å². The van der Waals surface area contributed by atoms with Crippen LogP contribution in [0.25, 0.3) is 22.8 Å². The Hall–Kier alpha value is -2.95. The van der Waals surface area contributed by atoms with E-state index in [0.717, 1.165) is 16.9 Å². The number of nitrogens with zero attached hydrogens (tertiary/aromatic N) is 3. The number of sulfonamides is 1. The van der Waals surface area contributed by atoms with Crippen LogP contribution < -0.4 is 4.72 Å². The minimum absolute atomic E-state index is 0.122. The Morgan fingerprint density at radius 2 is 2.04 bits per heavy atom. The first kappa shape index (κ1) is 18.4. The van der Waals surface area contributed by atoms with Crippen molar-refractivity contribution < 1.29 is 17.3 Å². The molecule has 1 aromatic carbocycles. The monoisotopic (exact) mass is 416 g/mol. The Labute approximate surface area is 163 Å². The average molecular weight is 416 g/mol. The van der Waals surface area contributed by atoms with Gasteiger partial charge in [-0.1, -0.05) is 23.4 Å². The van der Waals surface area contributed by atoms with Gasteiger partial charge in [-0.05, 0) is 29.8 Å². The summed E-state index contributed by atoms with van der Waals surface area (Å²) in [5.41, 5.74) is 1.69. The normalized spacial score (nSPS) is 11.6. The summed E-state index contributed by atoms with van der Waals surface area (Å²) in [6.07, 6.45) is 3.21. The zero-order chi connectivity index (χ0) is 19.6. The van der Waals surface area contributed by atoms with Gasteiger partial charge in [-0.2, -0.15) is 4.98 Å². The van der Waals surface area contributed by atoms with Crippen LogP contribution in [0.5, 0.6) is 0 Å². The predicted molar refractivity (Wildman–Crippen MR) is 101 cm³/mol. The van der Waals surface area contributed by atoms with Gasteiger partial charge >= 0.3 is 0 Å². The summed E-state index contributed by atoms with van der Waals surface area (Å²) < 4.78 is 46.2. The van der Waals surface area contributed by atoms with Crippen LogP contribution in [-0.4, -0.2) is 23.5 Å². The van der Waals surface area contributed by atoms with E-state index in [1.165, 1.54) is 18.2 Å². The molecule has 3 heterocycles. The van der Waals surface area contributed by atoms with Crippen LogP contribution >= 0.6 is 11.3 Å². The summed E-state index contributed by atoms with van der Waals surface area (Å²) in [4.78, 5) is 8.17. The standard InChI is InChI=1S/C18H13FN4O3S2/c19-15-5-1-4-13(7-15)17-22-18(26-23-17)14-8-16(27-11-14)28(24,25)21-10-12-3-2-6-20-9-12/h1-9,11,21H,10H2. The van der Waals surface area contributed by atoms with Crippen molar-refractivity contribution in [1.82, 2.24) is 19.8 Å². The highest BCUT2D eigenvalue weighted by molar-refractivity contribution is 7.91. The molecule has 0 aliphatic heterocycles. The second-order valence-electron chi connectivity index (χ2n) is 5.77. The van der Waals surface area contributed by atoms with Gasteiger partial charge < -0.3 is 4.52 Å². The minimum Gasteiger partial charge on any atom is -0.334 e. The van der Waals surface area contributed by atoms with Crippen molar-refractivity contribution in [2.45, 2.75) is 10.8 Å². The Kier molecular flexibility index (Phi) is 4.99. The molecule has 0 radical (unpaired) electrons. The number of hydrogen-bond donors (Lipinski definition) is 1. The summed E-state index contributed by atoms with van der Waals surface area (Å²) in [7, 11) is -3.70. The summed E-state index contributed by atoms with van der Waals surface area (Å²) in [5.74, 6) is -0.0310. The topological polar surface area (TPSA) is 98.0 Å². The van der Waals surface area contributed by atoms with E-state index in [9.17, 15) is 12.8 Å². The molecule has 0 bridgehead atoms. The lowest BCUT2D eigenvalue weighted by Gasteiger charge is -2.04. The van der Waals surface area contributed by atoms with Gasteiger partial charge in [0, 0.05) is 29.9 Å². The molecule has 10 heteroatoms. The molecule has 28 heavy (non-hydrogen) atoms. The molecule has 142 valence electrons. The summed E-state index contributed by atoms with van der Waals surface area (Å²) in [5, 5.41) is 5.44. The van der Waals surface area contributed by atoms with Crippen molar-refractivity contribution in [1.29, 1.82) is 0 Å². The van der Waals surface area contributed by atoms with Gasteiger partial charge in [0.25, 0.3) is 5.89 Å². The number of aromatic nitrogens is 3. The molecule has 4 aromatic rings. The highest BCUT2D eigenvalue weighted by Gasteiger charge is 2.20. The van der Waals surface area contributed by atoms with E-state index in [2.05, 4.69) is 19.8 Å². The van der Waals surface area contributed by atoms with Crippen LogP contribution in [0.1, 0.15) is 5.56 Å². The van der Waals surface area contributed by atoms with E-state index in [1.807, 2.05) is 0 Å². The van der Waals surface area contributed by atoms with Gasteiger partial charge in [-0.25, -0.2) is 17.5 Å². The Balaban J connectivity index is 1.53. The van der Waals surface area contributed by atoms with E-state index in [1.54, 1.807) is 42.0 Å². The fraction of sp³-hybridized carbons (Fsp3) is 0.0556. The first-order chi connectivity index (χ1) is 13.5. The molecule has 0 saturated carbocycles. The molecule has 0 amide bonds. The molecule has 0 aliphatic rings. The maximum Gasteiger partial charge on any atom is 0.259 e. The third-order valence-corrected chi connectivity index (χ3v) is 6.63. The van der Waals surface area contributed by atoms with Crippen LogP contribution in [0.15, 0.2) is 69.0 Å². The second-order valence-corrected chi connectivity index (χ2v) is 8.68. The van der Waals surface area contributed by atoms with Gasteiger partial charge in [0.2, 0.25) is 15.8 Å². The van der Waals surface area contributed by atoms with Gasteiger partial charge in [-0.3, -0.25) is 4.98 Å². The number of pyridine rings is 1. The largest absolute Gasteiger partial charge is 0.334 e. The smallest absolute Gasteiger partial charge is 0.259 e. The maximum atomic E-state index is 13.4. The minimum atomic E-state index is -3.70. The number of hydrogen-bond acceptors (Lipinski definition) is 7. The predicted octanol–water partition coefficient (Wildman–Crippen LogP) is 3.48. The first-order valence-corrected chi connectivity index (χ1v) is 10.4. The van der Waals surface area contributed by atoms with E-state index >= 15 is 0 Å². The first-order valence-electron chi connectivity index (χ1n) is 8.08. The third kappa shape index (κ3) is 3.98. The van der Waals surface area contributed by atoms with Gasteiger partial charge in [0.05, 0.1) is 5.56 Å². The highest BCUT2D eigenvalue weighted by atomic mass is 32.2. The number of rotatable bonds is 6. The van der Waals surface area contributed by atoms with Crippen molar-refractivity contribution in [3.8, 4) is 22.8 Å². The molecule has 0 saturated heterocycles. The fourth-order valence-corrected chi connectivity index (χ4v) is 4.62. The van der Waals surface area contributed by atoms with Gasteiger partial charge in [-0.15, -0.1) is 11.3 Å². The Morgan fingerprint density at radius 3 is 2.82 bits per heavy atom. The Bertz CT molecular complexity index is 1210. The third-order valence-electron chi connectivity index (χ3n) is 3.79. The molecular formula is C18H13FN4O3S2. The van der Waals surface area contributed by atoms with Gasteiger partial charge in [0.1, 0.15) is 10.0 Å². The van der Waals surface area contributed by atoms with Crippen molar-refractivity contribution in [3.63, 3.8) is 0 Å². The van der Waals surface area contributed by atoms with E-state index < -0.39 is 15.8 Å². The van der Waals surface area contributed by atoms with Crippen LogP contribution in [-0.2, 0) is 16.6 Å². The molecule has 0 fully saturated rings. The molecule has 0 unspecified atom stereocenters. The van der Waals surface area contributed by atoms with Crippen molar-refractivity contribution >= 4 is 21.4 Å². The number of thiophene rings is 1. The van der Waals surface area contributed by atoms with Crippen LogP contribution in [0, 0.1) is 5.82 Å². The molecule has 7 nitrogen and oxygen atoms in total. The van der Waals surface area contributed by atoms with E-state index in [4.69, 9.17) is 4.52 Å². The quantitative estimate of drug-likeness (QED) is 0.517. The second kappa shape index (κ2) is 7.58. The SMILES string of the molecule is O=S(=O)(NCc1cccnc1)c1cc(-c2nc(-c3cccc(F)c3)no2)cs1. The molecule has 1 N–H and O–H groups in total. The summed E-state index contributed by atoms with van der Waals surface area (Å²) >= 11 is 1.04. The lowest BCUT2D eigenvalue weighted by Crippen LogP contribution is -2.22. The molecule has 0 atom stereocenters. The molecule has 3 aromatic heterocycles. The number of nitrogens with one attached hydrogen (secondary N) is 1. The van der Waals surface area contributed by atoms with Crippen molar-refractivity contribution in [2.75, 3.05) is 0 Å². The van der Waals surface area contributed by atoms with E-state index in [-0.39, 0.29) is 22.5 Å². The van der Waals surface area contributed by atoms with Crippen molar-refractivity contribution in [2.24, 2.45) is 0 Å². The lowest BCUT2D eigenvalue weighted by atomic mass is 10.2. The highest BCUT2D eigenvalue weighted by Crippen LogP contribution is 2.29. The molecule has 0 spiro atoms. The maximum absolute atomic E-state index is 13.4. The lowest BCUT2D eigenvalue weighted by molar-refractivity contribution is 0.432. The Morgan fingerprint density at radius 1 is 1.14 bits per heavy atom. The molecular weight excluding hydrogens is 403 g/mol. The zero-order valence-corrected chi connectivity index (χ0v) is 15.9. The van der Waals surface area contributed by atoms with Crippen LogP contribution in [0.3, 0.4) is 0 Å². The fourth-order valence-electron chi connectivity index (χ4n) is 2.41. The zero-order valence-electron chi connectivity index (χ0n) is 14.2. The van der Waals surface area contributed by atoms with Crippen molar-refractivity contribution in [3.05, 3.63) is 71.6 Å². The van der Waals surface area contributed by atoms with Crippen LogP contribution in [0.2, 0.25) is 0 Å². The van der Waals surface area contributed by atoms with E-state index in [0.29, 0.717) is 11.1 Å². The number of benzene rings is 1.